The number of carbonyl (C=O) groups is 2. The van der Waals surface area contributed by atoms with Crippen molar-refractivity contribution in [1.29, 1.82) is 0 Å². The second kappa shape index (κ2) is 7.08. The van der Waals surface area contributed by atoms with Gasteiger partial charge in [0.1, 0.15) is 0 Å². The van der Waals surface area contributed by atoms with E-state index in [0.29, 0.717) is 0 Å². The summed E-state index contributed by atoms with van der Waals surface area (Å²) < 4.78 is 6.90. The Balaban J connectivity index is 1.29. The third kappa shape index (κ3) is 3.84. The van der Waals surface area contributed by atoms with Crippen molar-refractivity contribution in [2.75, 3.05) is 0 Å². The Bertz CT molecular complexity index is 761. The molecule has 0 radical (unpaired) electrons. The van der Waals surface area contributed by atoms with Gasteiger partial charge in [-0.05, 0) is 70.1 Å². The van der Waals surface area contributed by atoms with Gasteiger partial charge >= 0.3 is 10.8 Å². The molecule has 27 heavy (non-hydrogen) atoms. The van der Waals surface area contributed by atoms with Crippen molar-refractivity contribution in [3.8, 4) is 0 Å². The van der Waals surface area contributed by atoms with Gasteiger partial charge in [0.15, 0.2) is 6.10 Å². The molecule has 1 amide bonds. The van der Waals surface area contributed by atoms with Gasteiger partial charge in [-0.2, -0.15) is 0 Å². The summed E-state index contributed by atoms with van der Waals surface area (Å²) in [5.41, 5.74) is 0.763. The number of nitrogens with one attached hydrogen (secondary N) is 1. The highest BCUT2D eigenvalue weighted by atomic mass is 32.1. The molecule has 1 unspecified atom stereocenters. The predicted octanol–water partition coefficient (Wildman–Crippen LogP) is 2.63. The van der Waals surface area contributed by atoms with Crippen LogP contribution in [-0.2, 0) is 20.9 Å². The van der Waals surface area contributed by atoms with E-state index in [2.05, 4.69) is 5.32 Å². The van der Waals surface area contributed by atoms with Gasteiger partial charge in [-0.3, -0.25) is 14.4 Å². The first-order valence-electron chi connectivity index (χ1n) is 10.00. The number of rotatable bonds is 6. The number of aryl methyl sites for hydroxylation is 1. The molecular weight excluding hydrogens is 364 g/mol. The zero-order chi connectivity index (χ0) is 19.2. The number of carbonyl (C=O) groups excluding carboxylic acids is 2. The monoisotopic (exact) mass is 392 g/mol. The fraction of sp³-hybridized carbons (Fsp3) is 0.750. The molecule has 4 aliphatic rings. The Hall–Kier alpha value is -1.63. The minimum Gasteiger partial charge on any atom is -0.452 e. The number of thiazole rings is 1. The van der Waals surface area contributed by atoms with E-state index in [1.165, 1.54) is 19.3 Å². The molecule has 0 saturated heterocycles. The minimum absolute atomic E-state index is 0.0758. The second-order valence-electron chi connectivity index (χ2n) is 8.86. The van der Waals surface area contributed by atoms with Crippen molar-refractivity contribution in [3.63, 3.8) is 0 Å². The lowest BCUT2D eigenvalue weighted by atomic mass is 9.53. The van der Waals surface area contributed by atoms with Crippen LogP contribution in [0, 0.1) is 24.7 Å². The van der Waals surface area contributed by atoms with E-state index < -0.39 is 12.1 Å². The zero-order valence-electron chi connectivity index (χ0n) is 16.0. The molecular formula is C20H28N2O4S. The number of hydrogen-bond donors (Lipinski definition) is 1. The molecule has 0 spiro atoms. The van der Waals surface area contributed by atoms with Crippen LogP contribution in [-0.4, -0.2) is 28.1 Å². The summed E-state index contributed by atoms with van der Waals surface area (Å²) in [5.74, 6) is 1.62. The van der Waals surface area contributed by atoms with Crippen LogP contribution < -0.4 is 10.2 Å². The van der Waals surface area contributed by atoms with Crippen molar-refractivity contribution in [2.24, 2.45) is 17.8 Å². The fourth-order valence-corrected chi connectivity index (χ4v) is 6.58. The van der Waals surface area contributed by atoms with Crippen molar-refractivity contribution in [1.82, 2.24) is 9.88 Å². The van der Waals surface area contributed by atoms with Crippen molar-refractivity contribution >= 4 is 23.2 Å². The average molecular weight is 393 g/mol. The van der Waals surface area contributed by atoms with Crippen molar-refractivity contribution in [2.45, 2.75) is 77.0 Å². The van der Waals surface area contributed by atoms with Gasteiger partial charge < -0.3 is 14.6 Å². The van der Waals surface area contributed by atoms with Crippen LogP contribution in [0.1, 0.15) is 57.6 Å². The van der Waals surface area contributed by atoms with Gasteiger partial charge in [0.05, 0.1) is 6.42 Å². The SMILES string of the molecule is Cc1csc(=O)n1CCC(=O)OC(C)C(=O)NC12CC3CC(CC(C3)C1)C2. The first-order chi connectivity index (χ1) is 12.8. The van der Waals surface area contributed by atoms with Gasteiger partial charge in [-0.15, -0.1) is 0 Å². The Labute approximate surface area is 163 Å². The van der Waals surface area contributed by atoms with E-state index in [-0.39, 0.29) is 29.3 Å². The molecule has 1 heterocycles. The molecule has 4 bridgehead atoms. The largest absolute Gasteiger partial charge is 0.452 e. The second-order valence-corrected chi connectivity index (χ2v) is 9.68. The number of ether oxygens (including phenoxy) is 1. The van der Waals surface area contributed by atoms with E-state index >= 15 is 0 Å². The summed E-state index contributed by atoms with van der Waals surface area (Å²) in [5, 5.41) is 5.02. The number of esters is 1. The maximum Gasteiger partial charge on any atom is 0.308 e. The standard InChI is InChI=1S/C20H28N2O4S/c1-12-11-27-19(25)22(12)4-3-17(23)26-13(2)18(24)21-20-8-14-5-15(9-20)7-16(6-14)10-20/h11,13-16H,3-10H2,1-2H3,(H,21,24). The highest BCUT2D eigenvalue weighted by molar-refractivity contribution is 7.07. The molecule has 1 aromatic rings. The number of hydrogen-bond acceptors (Lipinski definition) is 5. The Morgan fingerprint density at radius 1 is 1.26 bits per heavy atom. The Morgan fingerprint density at radius 3 is 2.37 bits per heavy atom. The van der Waals surface area contributed by atoms with Crippen LogP contribution in [0.15, 0.2) is 10.2 Å². The lowest BCUT2D eigenvalue weighted by molar-refractivity contribution is -0.157. The third-order valence-corrected chi connectivity index (χ3v) is 7.50. The van der Waals surface area contributed by atoms with E-state index in [9.17, 15) is 14.4 Å². The highest BCUT2D eigenvalue weighted by Crippen LogP contribution is 2.55. The van der Waals surface area contributed by atoms with Crippen LogP contribution in [0.25, 0.3) is 0 Å². The molecule has 0 aromatic carbocycles. The first-order valence-corrected chi connectivity index (χ1v) is 10.9. The van der Waals surface area contributed by atoms with Crippen molar-refractivity contribution < 1.29 is 14.3 Å². The molecule has 0 aliphatic heterocycles. The lowest BCUT2D eigenvalue weighted by Gasteiger charge is -2.57. The van der Waals surface area contributed by atoms with E-state index in [4.69, 9.17) is 4.74 Å². The molecule has 6 nitrogen and oxygen atoms in total. The smallest absolute Gasteiger partial charge is 0.308 e. The number of amides is 1. The van der Waals surface area contributed by atoms with E-state index in [1.54, 1.807) is 16.9 Å². The van der Waals surface area contributed by atoms with Crippen LogP contribution in [0.3, 0.4) is 0 Å². The lowest BCUT2D eigenvalue weighted by Crippen LogP contribution is -2.61. The maximum absolute atomic E-state index is 12.7. The molecule has 1 atom stereocenters. The van der Waals surface area contributed by atoms with E-state index in [1.807, 2.05) is 6.92 Å². The van der Waals surface area contributed by atoms with Gasteiger partial charge in [0, 0.05) is 23.2 Å². The van der Waals surface area contributed by atoms with Crippen molar-refractivity contribution in [3.05, 3.63) is 20.7 Å². The quantitative estimate of drug-likeness (QED) is 0.755. The molecule has 7 heteroatoms. The molecule has 4 saturated carbocycles. The Morgan fingerprint density at radius 2 is 1.85 bits per heavy atom. The number of aromatic nitrogens is 1. The summed E-state index contributed by atoms with van der Waals surface area (Å²) in [7, 11) is 0. The minimum atomic E-state index is -0.800. The molecule has 4 fully saturated rings. The van der Waals surface area contributed by atoms with Crippen LogP contribution >= 0.6 is 11.3 Å². The topological polar surface area (TPSA) is 77.4 Å². The average Bonchev–Trinajstić information content (AvgIpc) is 2.89. The summed E-state index contributed by atoms with van der Waals surface area (Å²) in [6, 6.07) is 0. The van der Waals surface area contributed by atoms with E-state index in [0.717, 1.165) is 54.0 Å². The van der Waals surface area contributed by atoms with Gasteiger partial charge in [-0.1, -0.05) is 11.3 Å². The summed E-state index contributed by atoms with van der Waals surface area (Å²) in [4.78, 5) is 36.4. The molecule has 148 valence electrons. The number of nitrogens with zero attached hydrogens (tertiary/aromatic N) is 1. The first kappa shape index (κ1) is 18.7. The van der Waals surface area contributed by atoms with Gasteiger partial charge in [0.25, 0.3) is 5.91 Å². The fourth-order valence-electron chi connectivity index (χ4n) is 5.81. The highest BCUT2D eigenvalue weighted by Gasteiger charge is 2.51. The van der Waals surface area contributed by atoms with Crippen LogP contribution in [0.2, 0.25) is 0 Å². The van der Waals surface area contributed by atoms with Crippen LogP contribution in [0.4, 0.5) is 0 Å². The zero-order valence-corrected chi connectivity index (χ0v) is 16.8. The van der Waals surface area contributed by atoms with Gasteiger partial charge in [-0.25, -0.2) is 0 Å². The normalized spacial score (nSPS) is 32.3. The summed E-state index contributed by atoms with van der Waals surface area (Å²) >= 11 is 1.12. The molecule has 1 aromatic heterocycles. The maximum atomic E-state index is 12.7. The summed E-state index contributed by atoms with van der Waals surface area (Å²) in [6.45, 7) is 3.76. The predicted molar refractivity (Wildman–Crippen MR) is 103 cm³/mol. The molecule has 1 N–H and O–H groups in total. The third-order valence-electron chi connectivity index (χ3n) is 6.62. The summed E-state index contributed by atoms with van der Waals surface area (Å²) in [6.07, 6.45) is 6.48. The van der Waals surface area contributed by atoms with Gasteiger partial charge in [0.2, 0.25) is 0 Å². The molecule has 5 rings (SSSR count). The Kier molecular flexibility index (Phi) is 4.91. The molecule has 4 aliphatic carbocycles. The van der Waals surface area contributed by atoms with Crippen LogP contribution in [0.5, 0.6) is 0 Å².